The van der Waals surface area contributed by atoms with Crippen LogP contribution in [0, 0.1) is 22.7 Å². The molecule has 124 valence electrons. The van der Waals surface area contributed by atoms with Gasteiger partial charge in [0.15, 0.2) is 0 Å². The summed E-state index contributed by atoms with van der Waals surface area (Å²) >= 11 is 0. The molecular formula is C20H26O3. The van der Waals surface area contributed by atoms with E-state index in [0.717, 1.165) is 31.3 Å². The molecule has 3 heteroatoms. The molecule has 1 aromatic heterocycles. The fraction of sp³-hybridized carbons (Fsp3) is 0.650. The smallest absolute Gasteiger partial charge is 0.334 e. The van der Waals surface area contributed by atoms with Crippen molar-refractivity contribution in [2.24, 2.45) is 22.7 Å². The number of carbonyl (C=O) groups excluding carboxylic acids is 1. The van der Waals surface area contributed by atoms with E-state index in [4.69, 9.17) is 9.15 Å². The maximum Gasteiger partial charge on any atom is 0.334 e. The van der Waals surface area contributed by atoms with Gasteiger partial charge in [-0.05, 0) is 67.4 Å². The van der Waals surface area contributed by atoms with Gasteiger partial charge in [-0.25, -0.2) is 4.79 Å². The van der Waals surface area contributed by atoms with Crippen LogP contribution in [0.3, 0.4) is 0 Å². The van der Waals surface area contributed by atoms with Crippen molar-refractivity contribution in [1.29, 1.82) is 0 Å². The first kappa shape index (κ1) is 15.0. The summed E-state index contributed by atoms with van der Waals surface area (Å²) in [7, 11) is 0. The zero-order valence-electron chi connectivity index (χ0n) is 14.1. The van der Waals surface area contributed by atoms with Crippen molar-refractivity contribution in [3.63, 3.8) is 0 Å². The van der Waals surface area contributed by atoms with E-state index < -0.39 is 0 Å². The molecule has 2 aliphatic carbocycles. The Morgan fingerprint density at radius 2 is 2.22 bits per heavy atom. The number of furan rings is 1. The van der Waals surface area contributed by atoms with Crippen molar-refractivity contribution in [1.82, 2.24) is 0 Å². The zero-order valence-corrected chi connectivity index (χ0v) is 14.1. The van der Waals surface area contributed by atoms with Gasteiger partial charge >= 0.3 is 5.97 Å². The van der Waals surface area contributed by atoms with Crippen LogP contribution in [0.1, 0.15) is 51.5 Å². The van der Waals surface area contributed by atoms with E-state index in [1.165, 1.54) is 18.4 Å². The van der Waals surface area contributed by atoms with E-state index in [0.29, 0.717) is 18.4 Å². The molecule has 0 unspecified atom stereocenters. The third-order valence-electron chi connectivity index (χ3n) is 7.17. The Morgan fingerprint density at radius 3 is 3.00 bits per heavy atom. The molecular weight excluding hydrogens is 288 g/mol. The minimum atomic E-state index is -0.0542. The summed E-state index contributed by atoms with van der Waals surface area (Å²) in [5.74, 6) is 1.18. The van der Waals surface area contributed by atoms with Gasteiger partial charge in [0.2, 0.25) is 0 Å². The summed E-state index contributed by atoms with van der Waals surface area (Å²) < 4.78 is 10.7. The maximum absolute atomic E-state index is 12.2. The van der Waals surface area contributed by atoms with Gasteiger partial charge in [0.1, 0.15) is 6.61 Å². The summed E-state index contributed by atoms with van der Waals surface area (Å²) in [6, 6.07) is 2.07. The van der Waals surface area contributed by atoms with Crippen molar-refractivity contribution in [3.8, 4) is 0 Å². The number of hydrogen-bond acceptors (Lipinski definition) is 3. The fourth-order valence-corrected chi connectivity index (χ4v) is 5.56. The van der Waals surface area contributed by atoms with Gasteiger partial charge < -0.3 is 9.15 Å². The highest BCUT2D eigenvalue weighted by Gasteiger charge is 2.60. The summed E-state index contributed by atoms with van der Waals surface area (Å²) in [5.41, 5.74) is 2.52. The standard InChI is InChI=1S/C20H26O3/c1-14-6-10-20-13-23-18(21)16(20)4-3-5-17(20)19(14,2)9-7-15-8-11-22-12-15/h4,8,11-12,14,17H,3,5-7,9-10,13H2,1-2H3/t14-,17+,19+,20+/m1/s1. The number of aryl methyl sites for hydroxylation is 1. The summed E-state index contributed by atoms with van der Waals surface area (Å²) in [6.45, 7) is 5.46. The van der Waals surface area contributed by atoms with Crippen molar-refractivity contribution in [2.75, 3.05) is 6.61 Å². The molecule has 4 rings (SSSR count). The largest absolute Gasteiger partial charge is 0.472 e. The van der Waals surface area contributed by atoms with Crippen molar-refractivity contribution < 1.29 is 13.9 Å². The second kappa shape index (κ2) is 5.25. The fourth-order valence-electron chi connectivity index (χ4n) is 5.56. The molecule has 0 amide bonds. The number of allylic oxidation sites excluding steroid dienone is 1. The Bertz CT molecular complexity index is 629. The topological polar surface area (TPSA) is 39.4 Å². The number of rotatable bonds is 3. The number of cyclic esters (lactones) is 1. The van der Waals surface area contributed by atoms with E-state index in [2.05, 4.69) is 26.0 Å². The quantitative estimate of drug-likeness (QED) is 0.770. The summed E-state index contributed by atoms with van der Waals surface area (Å²) in [4.78, 5) is 12.2. The Balaban J connectivity index is 1.65. The van der Waals surface area contributed by atoms with Gasteiger partial charge in [0, 0.05) is 11.0 Å². The first-order valence-corrected chi connectivity index (χ1v) is 8.95. The average Bonchev–Trinajstić information content (AvgIpc) is 3.18. The van der Waals surface area contributed by atoms with Gasteiger partial charge in [-0.2, -0.15) is 0 Å². The highest BCUT2D eigenvalue weighted by atomic mass is 16.5. The molecule has 0 N–H and O–H groups in total. The zero-order chi connectivity index (χ0) is 16.1. The van der Waals surface area contributed by atoms with Crippen LogP contribution in [0.5, 0.6) is 0 Å². The molecule has 4 atom stereocenters. The number of ether oxygens (including phenoxy) is 1. The molecule has 1 saturated carbocycles. The Hall–Kier alpha value is -1.51. The van der Waals surface area contributed by atoms with Crippen LogP contribution < -0.4 is 0 Å². The molecule has 1 saturated heterocycles. The van der Waals surface area contributed by atoms with Crippen molar-refractivity contribution in [3.05, 3.63) is 35.8 Å². The second-order valence-electron chi connectivity index (χ2n) is 8.06. The lowest BCUT2D eigenvalue weighted by molar-refractivity contribution is -0.135. The predicted molar refractivity (Wildman–Crippen MR) is 87.7 cm³/mol. The van der Waals surface area contributed by atoms with Crippen LogP contribution in [-0.4, -0.2) is 12.6 Å². The molecule has 3 nitrogen and oxygen atoms in total. The lowest BCUT2D eigenvalue weighted by Gasteiger charge is -2.56. The highest BCUT2D eigenvalue weighted by molar-refractivity contribution is 5.92. The first-order valence-electron chi connectivity index (χ1n) is 8.95. The lowest BCUT2D eigenvalue weighted by Crippen LogP contribution is -2.51. The molecule has 1 aromatic rings. The van der Waals surface area contributed by atoms with Gasteiger partial charge in [0.25, 0.3) is 0 Å². The predicted octanol–water partition coefficient (Wildman–Crippen LogP) is 4.53. The molecule has 1 aliphatic heterocycles. The highest BCUT2D eigenvalue weighted by Crippen LogP contribution is 2.63. The van der Waals surface area contributed by atoms with E-state index in [9.17, 15) is 4.79 Å². The second-order valence-corrected chi connectivity index (χ2v) is 8.06. The van der Waals surface area contributed by atoms with Crippen molar-refractivity contribution in [2.45, 2.75) is 52.4 Å². The van der Waals surface area contributed by atoms with E-state index >= 15 is 0 Å². The van der Waals surface area contributed by atoms with Gasteiger partial charge in [-0.1, -0.05) is 19.9 Å². The third-order valence-corrected chi connectivity index (χ3v) is 7.17. The maximum atomic E-state index is 12.2. The van der Waals surface area contributed by atoms with Crippen LogP contribution in [0.15, 0.2) is 34.7 Å². The third kappa shape index (κ3) is 2.12. The number of carbonyl (C=O) groups is 1. The van der Waals surface area contributed by atoms with Crippen LogP contribution in [-0.2, 0) is 16.0 Å². The molecule has 0 radical (unpaired) electrons. The van der Waals surface area contributed by atoms with E-state index in [1.54, 1.807) is 6.26 Å². The van der Waals surface area contributed by atoms with Crippen LogP contribution in [0.25, 0.3) is 0 Å². The summed E-state index contributed by atoms with van der Waals surface area (Å²) in [5, 5.41) is 0. The van der Waals surface area contributed by atoms with Crippen LogP contribution in [0.4, 0.5) is 0 Å². The molecule has 2 fully saturated rings. The average molecular weight is 314 g/mol. The van der Waals surface area contributed by atoms with Gasteiger partial charge in [-0.15, -0.1) is 0 Å². The molecule has 0 bridgehead atoms. The number of hydrogen-bond donors (Lipinski definition) is 0. The van der Waals surface area contributed by atoms with Crippen molar-refractivity contribution >= 4 is 5.97 Å². The Kier molecular flexibility index (Phi) is 3.44. The Labute approximate surface area is 138 Å². The lowest BCUT2D eigenvalue weighted by atomic mass is 9.47. The SMILES string of the molecule is C[C@@H]1CC[C@]23COC(=O)C2=CCC[C@H]3[C@@]1(C)CCc1ccoc1. The van der Waals surface area contributed by atoms with Crippen LogP contribution >= 0.6 is 0 Å². The van der Waals surface area contributed by atoms with E-state index in [-0.39, 0.29) is 16.8 Å². The monoisotopic (exact) mass is 314 g/mol. The van der Waals surface area contributed by atoms with Gasteiger partial charge in [-0.3, -0.25) is 0 Å². The normalized spacial score (nSPS) is 39.4. The molecule has 2 heterocycles. The molecule has 23 heavy (non-hydrogen) atoms. The first-order chi connectivity index (χ1) is 11.1. The minimum Gasteiger partial charge on any atom is -0.472 e. The van der Waals surface area contributed by atoms with Crippen LogP contribution in [0.2, 0.25) is 0 Å². The molecule has 1 spiro atoms. The van der Waals surface area contributed by atoms with E-state index in [1.807, 2.05) is 6.26 Å². The Morgan fingerprint density at radius 1 is 1.35 bits per heavy atom. The molecule has 3 aliphatic rings. The molecule has 0 aromatic carbocycles. The summed E-state index contributed by atoms with van der Waals surface area (Å²) in [6.07, 6.45) is 12.5. The number of esters is 1. The minimum absolute atomic E-state index is 0.00695. The van der Waals surface area contributed by atoms with Gasteiger partial charge in [0.05, 0.1) is 12.5 Å².